The van der Waals surface area contributed by atoms with Gasteiger partial charge in [0.1, 0.15) is 11.5 Å². The number of nitrogens with one attached hydrogen (secondary N) is 1. The minimum atomic E-state index is -0.666. The second-order valence-corrected chi connectivity index (χ2v) is 5.88. The highest BCUT2D eigenvalue weighted by atomic mass is 79.9. The molecule has 23 heavy (non-hydrogen) atoms. The molecule has 2 N–H and O–H groups in total. The van der Waals surface area contributed by atoms with Crippen molar-refractivity contribution >= 4 is 28.1 Å². The molecule has 0 spiro atoms. The standard InChI is InChI=1S/C17H17BrN2O3/c1-11-4-3-5-14(8-11)23-12(2)17(22)20-19-10-13-6-7-16(21)15(18)9-13/h3-10,12,21H,1-2H3,(H,20,22). The Morgan fingerprint density at radius 1 is 1.35 bits per heavy atom. The average Bonchev–Trinajstić information content (AvgIpc) is 2.50. The Morgan fingerprint density at radius 2 is 2.13 bits per heavy atom. The number of phenols is 1. The molecular formula is C17H17BrN2O3. The predicted octanol–water partition coefficient (Wildman–Crippen LogP) is 3.38. The molecule has 2 aromatic carbocycles. The summed E-state index contributed by atoms with van der Waals surface area (Å²) in [5.74, 6) is 0.436. The van der Waals surface area contributed by atoms with Gasteiger partial charge in [0.25, 0.3) is 5.91 Å². The van der Waals surface area contributed by atoms with E-state index in [-0.39, 0.29) is 11.7 Å². The van der Waals surface area contributed by atoms with Crippen LogP contribution in [0.25, 0.3) is 0 Å². The predicted molar refractivity (Wildman–Crippen MR) is 92.8 cm³/mol. The van der Waals surface area contributed by atoms with Crippen LogP contribution in [-0.4, -0.2) is 23.3 Å². The van der Waals surface area contributed by atoms with Crippen molar-refractivity contribution in [3.8, 4) is 11.5 Å². The molecule has 0 heterocycles. The summed E-state index contributed by atoms with van der Waals surface area (Å²) in [5, 5.41) is 13.3. The summed E-state index contributed by atoms with van der Waals surface area (Å²) in [6, 6.07) is 12.4. The van der Waals surface area contributed by atoms with E-state index in [1.54, 1.807) is 25.1 Å². The second kappa shape index (κ2) is 7.78. The number of hydrogen-bond donors (Lipinski definition) is 2. The average molecular weight is 377 g/mol. The van der Waals surface area contributed by atoms with Crippen molar-refractivity contribution in [1.82, 2.24) is 5.43 Å². The number of halogens is 1. The monoisotopic (exact) mass is 376 g/mol. The van der Waals surface area contributed by atoms with Gasteiger partial charge in [0.2, 0.25) is 0 Å². The largest absolute Gasteiger partial charge is 0.507 e. The minimum Gasteiger partial charge on any atom is -0.507 e. The van der Waals surface area contributed by atoms with Gasteiger partial charge >= 0.3 is 0 Å². The van der Waals surface area contributed by atoms with Gasteiger partial charge in [-0.1, -0.05) is 12.1 Å². The number of aryl methyl sites for hydroxylation is 1. The van der Waals surface area contributed by atoms with E-state index in [1.807, 2.05) is 25.1 Å². The number of aromatic hydroxyl groups is 1. The molecule has 0 fully saturated rings. The van der Waals surface area contributed by atoms with Gasteiger partial charge in [-0.2, -0.15) is 5.10 Å². The lowest BCUT2D eigenvalue weighted by molar-refractivity contribution is -0.127. The summed E-state index contributed by atoms with van der Waals surface area (Å²) in [6.45, 7) is 3.61. The number of carbonyl (C=O) groups excluding carboxylic acids is 1. The third-order valence-electron chi connectivity index (χ3n) is 3.03. The maximum atomic E-state index is 11.9. The van der Waals surface area contributed by atoms with Crippen LogP contribution < -0.4 is 10.2 Å². The molecular weight excluding hydrogens is 360 g/mol. The Kier molecular flexibility index (Phi) is 5.76. The Hall–Kier alpha value is -2.34. The highest BCUT2D eigenvalue weighted by molar-refractivity contribution is 9.10. The first-order valence-corrected chi connectivity index (χ1v) is 7.80. The molecule has 0 aliphatic carbocycles. The van der Waals surface area contributed by atoms with Crippen LogP contribution in [-0.2, 0) is 4.79 Å². The second-order valence-electron chi connectivity index (χ2n) is 5.02. The normalized spacial score (nSPS) is 12.1. The lowest BCUT2D eigenvalue weighted by Gasteiger charge is -2.13. The summed E-state index contributed by atoms with van der Waals surface area (Å²) in [4.78, 5) is 11.9. The molecule has 0 aliphatic heterocycles. The van der Waals surface area contributed by atoms with Crippen molar-refractivity contribution in [2.45, 2.75) is 20.0 Å². The van der Waals surface area contributed by atoms with E-state index in [1.165, 1.54) is 12.3 Å². The summed E-state index contributed by atoms with van der Waals surface area (Å²) in [5.41, 5.74) is 4.23. The number of carbonyl (C=O) groups is 1. The highest BCUT2D eigenvalue weighted by Crippen LogP contribution is 2.23. The lowest BCUT2D eigenvalue weighted by atomic mass is 10.2. The Balaban J connectivity index is 1.90. The first-order chi connectivity index (χ1) is 11.0. The number of nitrogens with zero attached hydrogens (tertiary/aromatic N) is 1. The van der Waals surface area contributed by atoms with Crippen LogP contribution in [0.1, 0.15) is 18.1 Å². The highest BCUT2D eigenvalue weighted by Gasteiger charge is 2.13. The number of phenolic OH excluding ortho intramolecular Hbond substituents is 1. The summed E-state index contributed by atoms with van der Waals surface area (Å²) < 4.78 is 6.13. The maximum absolute atomic E-state index is 11.9. The van der Waals surface area contributed by atoms with Crippen molar-refractivity contribution in [3.63, 3.8) is 0 Å². The van der Waals surface area contributed by atoms with Gasteiger partial charge in [-0.05, 0) is 71.2 Å². The smallest absolute Gasteiger partial charge is 0.280 e. The van der Waals surface area contributed by atoms with E-state index in [2.05, 4.69) is 26.5 Å². The van der Waals surface area contributed by atoms with Gasteiger partial charge in [-0.15, -0.1) is 0 Å². The molecule has 120 valence electrons. The molecule has 6 heteroatoms. The fraction of sp³-hybridized carbons (Fsp3) is 0.176. The molecule has 0 saturated heterocycles. The molecule has 0 aliphatic rings. The molecule has 2 rings (SSSR count). The summed E-state index contributed by atoms with van der Waals surface area (Å²) in [7, 11) is 0. The van der Waals surface area contributed by atoms with Crippen LogP contribution in [0.15, 0.2) is 52.0 Å². The lowest BCUT2D eigenvalue weighted by Crippen LogP contribution is -2.33. The zero-order chi connectivity index (χ0) is 16.8. The van der Waals surface area contributed by atoms with Gasteiger partial charge < -0.3 is 9.84 Å². The zero-order valence-electron chi connectivity index (χ0n) is 12.8. The van der Waals surface area contributed by atoms with Crippen molar-refractivity contribution in [3.05, 3.63) is 58.1 Å². The number of benzene rings is 2. The molecule has 1 unspecified atom stereocenters. The van der Waals surface area contributed by atoms with Crippen LogP contribution in [0.2, 0.25) is 0 Å². The van der Waals surface area contributed by atoms with Crippen LogP contribution in [0, 0.1) is 6.92 Å². The number of hydrogen-bond acceptors (Lipinski definition) is 4. The van der Waals surface area contributed by atoms with E-state index in [0.29, 0.717) is 10.2 Å². The van der Waals surface area contributed by atoms with Crippen molar-refractivity contribution in [2.75, 3.05) is 0 Å². The quantitative estimate of drug-likeness (QED) is 0.620. The summed E-state index contributed by atoms with van der Waals surface area (Å²) in [6.07, 6.45) is 0.821. The molecule has 2 aromatic rings. The third-order valence-corrected chi connectivity index (χ3v) is 3.67. The topological polar surface area (TPSA) is 70.9 Å². The number of hydrazone groups is 1. The Labute approximate surface area is 143 Å². The zero-order valence-corrected chi connectivity index (χ0v) is 14.4. The minimum absolute atomic E-state index is 0.145. The SMILES string of the molecule is Cc1cccc(OC(C)C(=O)NN=Cc2ccc(O)c(Br)c2)c1. The van der Waals surface area contributed by atoms with Gasteiger partial charge in [-0.3, -0.25) is 4.79 Å². The third kappa shape index (κ3) is 5.10. The fourth-order valence-electron chi connectivity index (χ4n) is 1.81. The van der Waals surface area contributed by atoms with E-state index in [9.17, 15) is 9.90 Å². The molecule has 1 amide bonds. The molecule has 5 nitrogen and oxygen atoms in total. The van der Waals surface area contributed by atoms with Crippen molar-refractivity contribution in [2.24, 2.45) is 5.10 Å². The number of amides is 1. The maximum Gasteiger partial charge on any atom is 0.280 e. The van der Waals surface area contributed by atoms with E-state index in [0.717, 1.165) is 11.1 Å². The van der Waals surface area contributed by atoms with Gasteiger partial charge in [0.05, 0.1) is 10.7 Å². The fourth-order valence-corrected chi connectivity index (χ4v) is 2.21. The van der Waals surface area contributed by atoms with Gasteiger partial charge in [0, 0.05) is 0 Å². The van der Waals surface area contributed by atoms with Crippen LogP contribution in [0.4, 0.5) is 0 Å². The van der Waals surface area contributed by atoms with Gasteiger partial charge in [0.15, 0.2) is 6.10 Å². The summed E-state index contributed by atoms with van der Waals surface area (Å²) >= 11 is 3.21. The molecule has 1 atom stereocenters. The van der Waals surface area contributed by atoms with E-state index in [4.69, 9.17) is 4.74 Å². The number of ether oxygens (including phenoxy) is 1. The Morgan fingerprint density at radius 3 is 2.83 bits per heavy atom. The van der Waals surface area contributed by atoms with Crippen LogP contribution >= 0.6 is 15.9 Å². The number of rotatable bonds is 5. The first-order valence-electron chi connectivity index (χ1n) is 7.00. The molecule has 0 saturated carbocycles. The molecule has 0 bridgehead atoms. The van der Waals surface area contributed by atoms with Crippen molar-refractivity contribution in [1.29, 1.82) is 0 Å². The Bertz CT molecular complexity index is 732. The van der Waals surface area contributed by atoms with Crippen LogP contribution in [0.5, 0.6) is 11.5 Å². The van der Waals surface area contributed by atoms with Gasteiger partial charge in [-0.25, -0.2) is 5.43 Å². The first kappa shape index (κ1) is 17.0. The van der Waals surface area contributed by atoms with E-state index >= 15 is 0 Å². The molecule has 0 radical (unpaired) electrons. The van der Waals surface area contributed by atoms with Crippen molar-refractivity contribution < 1.29 is 14.6 Å². The van der Waals surface area contributed by atoms with E-state index < -0.39 is 6.10 Å². The molecule has 0 aromatic heterocycles. The van der Waals surface area contributed by atoms with Crippen LogP contribution in [0.3, 0.4) is 0 Å².